The smallest absolute Gasteiger partial charge is 0.188 e. The van der Waals surface area contributed by atoms with Gasteiger partial charge >= 0.3 is 0 Å². The van der Waals surface area contributed by atoms with Crippen LogP contribution in [0.1, 0.15) is 49.4 Å². The maximum absolute atomic E-state index is 13.1. The number of hydrogen-bond donors (Lipinski definition) is 0. The van der Waals surface area contributed by atoms with Gasteiger partial charge in [-0.15, -0.1) is 0 Å². The van der Waals surface area contributed by atoms with E-state index in [-0.39, 0.29) is 24.1 Å². The lowest BCUT2D eigenvalue weighted by Gasteiger charge is -2.30. The second kappa shape index (κ2) is 6.93. The zero-order chi connectivity index (χ0) is 14.5. The lowest BCUT2D eigenvalue weighted by Crippen LogP contribution is -2.29. The van der Waals surface area contributed by atoms with Crippen molar-refractivity contribution < 1.29 is 18.3 Å². The van der Waals surface area contributed by atoms with Crippen LogP contribution in [0.2, 0.25) is 0 Å². The van der Waals surface area contributed by atoms with Crippen molar-refractivity contribution in [2.24, 2.45) is 5.92 Å². The van der Waals surface area contributed by atoms with Crippen molar-refractivity contribution in [2.75, 3.05) is 6.61 Å². The molecule has 0 radical (unpaired) electrons. The summed E-state index contributed by atoms with van der Waals surface area (Å²) in [5.41, 5.74) is 0.160. The molecule has 2 nitrogen and oxygen atoms in total. The first-order valence-electron chi connectivity index (χ1n) is 7.21. The molecule has 0 amide bonds. The standard InChI is InChI=1S/C16H20F2O2/c1-2-11-5-3-4-6-16(11)20-10-15(19)12-7-8-13(17)14(18)9-12/h7-9,11,16H,2-6,10H2,1H3. The van der Waals surface area contributed by atoms with E-state index in [2.05, 4.69) is 6.92 Å². The Morgan fingerprint density at radius 2 is 2.00 bits per heavy atom. The third-order valence-corrected chi connectivity index (χ3v) is 4.03. The molecule has 0 spiro atoms. The van der Waals surface area contributed by atoms with Crippen LogP contribution in [0.15, 0.2) is 18.2 Å². The first kappa shape index (κ1) is 15.1. The van der Waals surface area contributed by atoms with Gasteiger partial charge in [-0.2, -0.15) is 0 Å². The minimum atomic E-state index is -1.00. The number of ether oxygens (including phenoxy) is 1. The maximum atomic E-state index is 13.1. The second-order valence-electron chi connectivity index (χ2n) is 5.35. The van der Waals surface area contributed by atoms with Crippen LogP contribution in [0.5, 0.6) is 0 Å². The summed E-state index contributed by atoms with van der Waals surface area (Å²) in [5, 5.41) is 0. The molecular formula is C16H20F2O2. The largest absolute Gasteiger partial charge is 0.370 e. The van der Waals surface area contributed by atoms with Crippen molar-refractivity contribution in [3.8, 4) is 0 Å². The fourth-order valence-corrected chi connectivity index (χ4v) is 2.80. The van der Waals surface area contributed by atoms with Crippen molar-refractivity contribution in [1.82, 2.24) is 0 Å². The van der Waals surface area contributed by atoms with Crippen molar-refractivity contribution in [2.45, 2.75) is 45.1 Å². The zero-order valence-electron chi connectivity index (χ0n) is 11.7. The zero-order valence-corrected chi connectivity index (χ0v) is 11.7. The number of rotatable bonds is 5. The molecule has 110 valence electrons. The third kappa shape index (κ3) is 3.63. The molecular weight excluding hydrogens is 262 g/mol. The van der Waals surface area contributed by atoms with Crippen molar-refractivity contribution in [3.63, 3.8) is 0 Å². The number of halogens is 2. The summed E-state index contributed by atoms with van der Waals surface area (Å²) in [4.78, 5) is 11.9. The van der Waals surface area contributed by atoms with Crippen LogP contribution in [0.4, 0.5) is 8.78 Å². The van der Waals surface area contributed by atoms with Gasteiger partial charge in [-0.05, 0) is 37.0 Å². The van der Waals surface area contributed by atoms with Crippen LogP contribution in [-0.2, 0) is 4.74 Å². The number of hydrogen-bond acceptors (Lipinski definition) is 2. The molecule has 0 heterocycles. The van der Waals surface area contributed by atoms with Crippen LogP contribution in [0, 0.1) is 17.6 Å². The molecule has 20 heavy (non-hydrogen) atoms. The fourth-order valence-electron chi connectivity index (χ4n) is 2.80. The Labute approximate surface area is 118 Å². The van der Waals surface area contributed by atoms with Gasteiger partial charge in [0.05, 0.1) is 6.10 Å². The monoisotopic (exact) mass is 282 g/mol. The highest BCUT2D eigenvalue weighted by molar-refractivity contribution is 5.97. The Kier molecular flexibility index (Phi) is 5.24. The van der Waals surface area contributed by atoms with E-state index in [0.29, 0.717) is 5.92 Å². The highest BCUT2D eigenvalue weighted by atomic mass is 19.2. The molecule has 0 aromatic heterocycles. The average molecular weight is 282 g/mol. The molecule has 0 bridgehead atoms. The van der Waals surface area contributed by atoms with Crippen LogP contribution in [0.25, 0.3) is 0 Å². The predicted octanol–water partition coefficient (Wildman–Crippen LogP) is 4.13. The van der Waals surface area contributed by atoms with Gasteiger partial charge in [-0.3, -0.25) is 4.79 Å². The Balaban J connectivity index is 1.92. The van der Waals surface area contributed by atoms with E-state index in [9.17, 15) is 13.6 Å². The number of carbonyl (C=O) groups excluding carboxylic acids is 1. The molecule has 4 heteroatoms. The van der Waals surface area contributed by atoms with Crippen molar-refractivity contribution in [1.29, 1.82) is 0 Å². The molecule has 1 aromatic carbocycles. The summed E-state index contributed by atoms with van der Waals surface area (Å²) >= 11 is 0. The summed E-state index contributed by atoms with van der Waals surface area (Å²) in [6.45, 7) is 2.07. The van der Waals surface area contributed by atoms with Gasteiger partial charge in [0.25, 0.3) is 0 Å². The van der Waals surface area contributed by atoms with Gasteiger partial charge in [-0.25, -0.2) is 8.78 Å². The second-order valence-corrected chi connectivity index (χ2v) is 5.35. The molecule has 1 fully saturated rings. The van der Waals surface area contributed by atoms with E-state index in [1.54, 1.807) is 0 Å². The molecule has 2 unspecified atom stereocenters. The lowest BCUT2D eigenvalue weighted by molar-refractivity contribution is -0.00571. The first-order valence-corrected chi connectivity index (χ1v) is 7.21. The Hall–Kier alpha value is -1.29. The quantitative estimate of drug-likeness (QED) is 0.759. The third-order valence-electron chi connectivity index (χ3n) is 4.03. The molecule has 0 N–H and O–H groups in total. The molecule has 1 saturated carbocycles. The summed E-state index contributed by atoms with van der Waals surface area (Å²) in [5.74, 6) is -1.74. The predicted molar refractivity (Wildman–Crippen MR) is 72.7 cm³/mol. The molecule has 1 aliphatic rings. The van der Waals surface area contributed by atoms with Gasteiger partial charge in [0.15, 0.2) is 17.4 Å². The van der Waals surface area contributed by atoms with E-state index in [0.717, 1.165) is 37.8 Å². The van der Waals surface area contributed by atoms with Crippen LogP contribution in [-0.4, -0.2) is 18.5 Å². The molecule has 2 rings (SSSR count). The van der Waals surface area contributed by atoms with Crippen molar-refractivity contribution >= 4 is 5.78 Å². The SMILES string of the molecule is CCC1CCCCC1OCC(=O)c1ccc(F)c(F)c1. The normalized spacial score (nSPS) is 22.8. The number of ketones is 1. The Morgan fingerprint density at radius 3 is 2.70 bits per heavy atom. The van der Waals surface area contributed by atoms with E-state index >= 15 is 0 Å². The van der Waals surface area contributed by atoms with Gasteiger partial charge < -0.3 is 4.74 Å². The molecule has 1 aliphatic carbocycles. The number of carbonyl (C=O) groups is 1. The Morgan fingerprint density at radius 1 is 1.25 bits per heavy atom. The summed E-state index contributed by atoms with van der Waals surface area (Å²) in [6.07, 6.45) is 5.62. The highest BCUT2D eigenvalue weighted by Gasteiger charge is 2.25. The van der Waals surface area contributed by atoms with Crippen LogP contribution < -0.4 is 0 Å². The number of benzene rings is 1. The number of Topliss-reactive ketones (excluding diaryl/α,β-unsaturated/α-hetero) is 1. The van der Waals surface area contributed by atoms with E-state index in [1.165, 1.54) is 12.5 Å². The maximum Gasteiger partial charge on any atom is 0.188 e. The van der Waals surface area contributed by atoms with Gasteiger partial charge in [0.2, 0.25) is 0 Å². The molecule has 0 aliphatic heterocycles. The van der Waals surface area contributed by atoms with Crippen molar-refractivity contribution in [3.05, 3.63) is 35.4 Å². The van der Waals surface area contributed by atoms with Gasteiger partial charge in [0.1, 0.15) is 6.61 Å². The lowest BCUT2D eigenvalue weighted by atomic mass is 9.85. The highest BCUT2D eigenvalue weighted by Crippen LogP contribution is 2.29. The molecule has 1 aromatic rings. The topological polar surface area (TPSA) is 26.3 Å². The summed E-state index contributed by atoms with van der Waals surface area (Å²) in [6, 6.07) is 3.19. The first-order chi connectivity index (χ1) is 9.61. The Bertz CT molecular complexity index is 474. The fraction of sp³-hybridized carbons (Fsp3) is 0.562. The molecule has 0 saturated heterocycles. The minimum Gasteiger partial charge on any atom is -0.370 e. The van der Waals surface area contributed by atoms with E-state index in [4.69, 9.17) is 4.74 Å². The van der Waals surface area contributed by atoms with Crippen LogP contribution >= 0.6 is 0 Å². The van der Waals surface area contributed by atoms with Crippen LogP contribution in [0.3, 0.4) is 0 Å². The average Bonchev–Trinajstić information content (AvgIpc) is 2.47. The van der Waals surface area contributed by atoms with E-state index < -0.39 is 11.6 Å². The summed E-state index contributed by atoms with van der Waals surface area (Å²) in [7, 11) is 0. The van der Waals surface area contributed by atoms with E-state index in [1.807, 2.05) is 0 Å². The van der Waals surface area contributed by atoms with Gasteiger partial charge in [-0.1, -0.05) is 26.2 Å². The van der Waals surface area contributed by atoms with Gasteiger partial charge in [0, 0.05) is 5.56 Å². The summed E-state index contributed by atoms with van der Waals surface area (Å²) < 4.78 is 31.6. The minimum absolute atomic E-state index is 0.0633. The molecule has 2 atom stereocenters.